The molecule has 15 heavy (non-hydrogen) atoms. The Hall–Kier alpha value is -0.0800. The van der Waals surface area contributed by atoms with Crippen LogP contribution in [0.3, 0.4) is 0 Å². The second-order valence-corrected chi connectivity index (χ2v) is 6.41. The van der Waals surface area contributed by atoms with Crippen molar-refractivity contribution in [3.05, 3.63) is 0 Å². The average molecular weight is 210 g/mol. The van der Waals surface area contributed by atoms with Gasteiger partial charge in [0.05, 0.1) is 0 Å². The molecule has 2 nitrogen and oxygen atoms in total. The Balaban J connectivity index is 1.59. The van der Waals surface area contributed by atoms with Crippen molar-refractivity contribution in [1.82, 2.24) is 10.6 Å². The molecule has 2 bridgehead atoms. The van der Waals surface area contributed by atoms with Gasteiger partial charge in [0.1, 0.15) is 0 Å². The quantitative estimate of drug-likeness (QED) is 0.695. The third kappa shape index (κ3) is 3.18. The first-order chi connectivity index (χ1) is 7.04. The molecule has 0 aromatic rings. The lowest BCUT2D eigenvalue weighted by atomic mass is 9.95. The topological polar surface area (TPSA) is 24.1 Å². The van der Waals surface area contributed by atoms with Crippen molar-refractivity contribution in [3.63, 3.8) is 0 Å². The Morgan fingerprint density at radius 2 is 1.87 bits per heavy atom. The molecule has 0 amide bonds. The van der Waals surface area contributed by atoms with Crippen molar-refractivity contribution in [3.8, 4) is 0 Å². The van der Waals surface area contributed by atoms with Gasteiger partial charge < -0.3 is 10.6 Å². The van der Waals surface area contributed by atoms with Crippen LogP contribution in [0.4, 0.5) is 0 Å². The normalized spacial score (nSPS) is 35.0. The van der Waals surface area contributed by atoms with E-state index < -0.39 is 0 Å². The van der Waals surface area contributed by atoms with Gasteiger partial charge in [0, 0.05) is 24.7 Å². The minimum absolute atomic E-state index is 0.260. The standard InChI is InChI=1S/C13H26N2/c1-13(2,3)15-7-6-14-12-9-10-4-5-11(12)8-10/h10-12,14-15H,4-9H2,1-3H3. The van der Waals surface area contributed by atoms with Crippen LogP contribution in [-0.2, 0) is 0 Å². The van der Waals surface area contributed by atoms with Gasteiger partial charge in [0.25, 0.3) is 0 Å². The highest BCUT2D eigenvalue weighted by Gasteiger charge is 2.38. The van der Waals surface area contributed by atoms with Crippen molar-refractivity contribution >= 4 is 0 Å². The minimum atomic E-state index is 0.260. The van der Waals surface area contributed by atoms with Crippen molar-refractivity contribution in [2.75, 3.05) is 13.1 Å². The summed E-state index contributed by atoms with van der Waals surface area (Å²) in [7, 11) is 0. The first-order valence-electron chi connectivity index (χ1n) is 6.53. The lowest BCUT2D eigenvalue weighted by Gasteiger charge is -2.25. The zero-order valence-corrected chi connectivity index (χ0v) is 10.5. The summed E-state index contributed by atoms with van der Waals surface area (Å²) in [6.07, 6.45) is 5.93. The molecule has 0 aromatic heterocycles. The highest BCUT2D eigenvalue weighted by Crippen LogP contribution is 2.44. The zero-order valence-electron chi connectivity index (χ0n) is 10.5. The first kappa shape index (κ1) is 11.4. The molecule has 0 spiro atoms. The van der Waals surface area contributed by atoms with E-state index >= 15 is 0 Å². The molecule has 3 atom stereocenters. The lowest BCUT2D eigenvalue weighted by Crippen LogP contribution is -2.43. The zero-order chi connectivity index (χ0) is 10.9. The molecule has 0 radical (unpaired) electrons. The number of nitrogens with one attached hydrogen (secondary N) is 2. The van der Waals surface area contributed by atoms with E-state index in [1.165, 1.54) is 25.7 Å². The van der Waals surface area contributed by atoms with Gasteiger partial charge in [-0.2, -0.15) is 0 Å². The van der Waals surface area contributed by atoms with Crippen molar-refractivity contribution < 1.29 is 0 Å². The van der Waals surface area contributed by atoms with Gasteiger partial charge in [0.2, 0.25) is 0 Å². The maximum Gasteiger partial charge on any atom is 0.00986 e. The maximum absolute atomic E-state index is 3.72. The second kappa shape index (κ2) is 4.42. The Bertz CT molecular complexity index is 207. The molecule has 2 aliphatic rings. The molecule has 0 heterocycles. The van der Waals surface area contributed by atoms with Crippen LogP contribution in [0.15, 0.2) is 0 Å². The Kier molecular flexibility index (Phi) is 3.36. The van der Waals surface area contributed by atoms with Gasteiger partial charge in [-0.25, -0.2) is 0 Å². The van der Waals surface area contributed by atoms with Crippen LogP contribution in [-0.4, -0.2) is 24.7 Å². The fraction of sp³-hybridized carbons (Fsp3) is 1.00. The monoisotopic (exact) mass is 210 g/mol. The molecule has 0 aliphatic heterocycles. The van der Waals surface area contributed by atoms with Crippen LogP contribution in [0.1, 0.15) is 46.5 Å². The predicted molar refractivity (Wildman–Crippen MR) is 65.0 cm³/mol. The van der Waals surface area contributed by atoms with Crippen LogP contribution in [0, 0.1) is 11.8 Å². The van der Waals surface area contributed by atoms with Gasteiger partial charge in [0.15, 0.2) is 0 Å². The number of hydrogen-bond donors (Lipinski definition) is 2. The van der Waals surface area contributed by atoms with Crippen molar-refractivity contribution in [2.24, 2.45) is 11.8 Å². The van der Waals surface area contributed by atoms with Crippen LogP contribution in [0.5, 0.6) is 0 Å². The van der Waals surface area contributed by atoms with E-state index in [-0.39, 0.29) is 5.54 Å². The summed E-state index contributed by atoms with van der Waals surface area (Å²) in [5.41, 5.74) is 0.260. The highest BCUT2D eigenvalue weighted by molar-refractivity contribution is 4.94. The van der Waals surface area contributed by atoms with Crippen molar-refractivity contribution in [1.29, 1.82) is 0 Å². The third-order valence-electron chi connectivity index (χ3n) is 3.92. The second-order valence-electron chi connectivity index (χ2n) is 6.41. The Morgan fingerprint density at radius 1 is 1.07 bits per heavy atom. The summed E-state index contributed by atoms with van der Waals surface area (Å²) in [5.74, 6) is 2.06. The van der Waals surface area contributed by atoms with Gasteiger partial charge >= 0.3 is 0 Å². The summed E-state index contributed by atoms with van der Waals surface area (Å²) in [6, 6.07) is 0.838. The molecule has 2 aliphatic carbocycles. The molecule has 3 unspecified atom stereocenters. The predicted octanol–water partition coefficient (Wildman–Crippen LogP) is 2.15. The van der Waals surface area contributed by atoms with Gasteiger partial charge in [-0.3, -0.25) is 0 Å². The summed E-state index contributed by atoms with van der Waals surface area (Å²) >= 11 is 0. The molecule has 2 heteroatoms. The molecular weight excluding hydrogens is 184 g/mol. The molecule has 2 saturated carbocycles. The molecule has 88 valence electrons. The molecule has 0 saturated heterocycles. The molecule has 0 aromatic carbocycles. The Morgan fingerprint density at radius 3 is 2.40 bits per heavy atom. The van der Waals surface area contributed by atoms with E-state index in [0.29, 0.717) is 0 Å². The van der Waals surface area contributed by atoms with Crippen LogP contribution >= 0.6 is 0 Å². The summed E-state index contributed by atoms with van der Waals surface area (Å²) < 4.78 is 0. The minimum Gasteiger partial charge on any atom is -0.312 e. The first-order valence-corrected chi connectivity index (χ1v) is 6.53. The van der Waals surface area contributed by atoms with Gasteiger partial charge in [-0.1, -0.05) is 6.42 Å². The number of fused-ring (bicyclic) bond motifs is 2. The lowest BCUT2D eigenvalue weighted by molar-refractivity contribution is 0.340. The summed E-state index contributed by atoms with van der Waals surface area (Å²) in [6.45, 7) is 8.90. The van der Waals surface area contributed by atoms with Crippen LogP contribution in [0.25, 0.3) is 0 Å². The largest absolute Gasteiger partial charge is 0.312 e. The number of rotatable bonds is 4. The van der Waals surface area contributed by atoms with E-state index in [4.69, 9.17) is 0 Å². The summed E-state index contributed by atoms with van der Waals surface area (Å²) in [4.78, 5) is 0. The van der Waals surface area contributed by atoms with Crippen LogP contribution in [0.2, 0.25) is 0 Å². The van der Waals surface area contributed by atoms with E-state index in [1.54, 1.807) is 0 Å². The molecule has 2 fully saturated rings. The molecular formula is C13H26N2. The van der Waals surface area contributed by atoms with E-state index in [1.807, 2.05) is 0 Å². The van der Waals surface area contributed by atoms with Crippen LogP contribution < -0.4 is 10.6 Å². The van der Waals surface area contributed by atoms with E-state index in [0.717, 1.165) is 31.0 Å². The highest BCUT2D eigenvalue weighted by atomic mass is 15.0. The molecule has 2 rings (SSSR count). The number of hydrogen-bond acceptors (Lipinski definition) is 2. The maximum atomic E-state index is 3.72. The van der Waals surface area contributed by atoms with E-state index in [9.17, 15) is 0 Å². The fourth-order valence-electron chi connectivity index (χ4n) is 3.19. The van der Waals surface area contributed by atoms with Gasteiger partial charge in [-0.15, -0.1) is 0 Å². The van der Waals surface area contributed by atoms with E-state index in [2.05, 4.69) is 31.4 Å². The third-order valence-corrected chi connectivity index (χ3v) is 3.92. The average Bonchev–Trinajstić information content (AvgIpc) is 2.71. The molecule has 2 N–H and O–H groups in total. The Labute approximate surface area is 94.2 Å². The smallest absolute Gasteiger partial charge is 0.00986 e. The SMILES string of the molecule is CC(C)(C)NCCNC1CC2CCC1C2. The fourth-order valence-corrected chi connectivity index (χ4v) is 3.19. The van der Waals surface area contributed by atoms with Crippen molar-refractivity contribution in [2.45, 2.75) is 58.0 Å². The summed E-state index contributed by atoms with van der Waals surface area (Å²) in [5, 5.41) is 7.25. The van der Waals surface area contributed by atoms with Gasteiger partial charge in [-0.05, 0) is 51.9 Å².